The van der Waals surface area contributed by atoms with E-state index in [-0.39, 0.29) is 0 Å². The first-order valence-electron chi connectivity index (χ1n) is 4.66. The van der Waals surface area contributed by atoms with E-state index in [1.807, 2.05) is 13.8 Å². The SMILES string of the molecule is CC.Cc1cccc2c1CNC2. The van der Waals surface area contributed by atoms with Crippen molar-refractivity contribution in [2.24, 2.45) is 0 Å². The Hall–Kier alpha value is -0.820. The van der Waals surface area contributed by atoms with Gasteiger partial charge in [0, 0.05) is 13.1 Å². The Morgan fingerprint density at radius 1 is 1.17 bits per heavy atom. The summed E-state index contributed by atoms with van der Waals surface area (Å²) in [4.78, 5) is 0. The molecule has 0 saturated heterocycles. The van der Waals surface area contributed by atoms with Gasteiger partial charge >= 0.3 is 0 Å². The molecule has 0 bridgehead atoms. The van der Waals surface area contributed by atoms with Crippen LogP contribution in [0.5, 0.6) is 0 Å². The quantitative estimate of drug-likeness (QED) is 0.620. The number of aryl methyl sites for hydroxylation is 1. The molecule has 0 atom stereocenters. The van der Waals surface area contributed by atoms with Crippen molar-refractivity contribution in [3.63, 3.8) is 0 Å². The predicted octanol–water partition coefficient (Wildman–Crippen LogP) is 2.62. The van der Waals surface area contributed by atoms with Crippen molar-refractivity contribution >= 4 is 0 Å². The first-order valence-corrected chi connectivity index (χ1v) is 4.66. The molecule has 0 spiro atoms. The summed E-state index contributed by atoms with van der Waals surface area (Å²) in [6, 6.07) is 6.50. The van der Waals surface area contributed by atoms with Crippen LogP contribution in [0, 0.1) is 6.92 Å². The molecule has 1 heterocycles. The highest BCUT2D eigenvalue weighted by Crippen LogP contribution is 2.18. The average Bonchev–Trinajstić information content (AvgIpc) is 2.57. The topological polar surface area (TPSA) is 12.0 Å². The van der Waals surface area contributed by atoms with Gasteiger partial charge in [0.2, 0.25) is 0 Å². The van der Waals surface area contributed by atoms with Crippen LogP contribution in [-0.2, 0) is 13.1 Å². The second kappa shape index (κ2) is 4.27. The van der Waals surface area contributed by atoms with Gasteiger partial charge in [0.1, 0.15) is 0 Å². The van der Waals surface area contributed by atoms with Crippen LogP contribution in [-0.4, -0.2) is 0 Å². The largest absolute Gasteiger partial charge is 0.309 e. The number of fused-ring (bicyclic) bond motifs is 1. The van der Waals surface area contributed by atoms with E-state index in [9.17, 15) is 0 Å². The standard InChI is InChI=1S/C9H11N.C2H6/c1-7-3-2-4-8-5-10-6-9(7)8;1-2/h2-4,10H,5-6H2,1H3;1-2H3. The molecule has 0 amide bonds. The van der Waals surface area contributed by atoms with Crippen LogP contribution in [0.4, 0.5) is 0 Å². The van der Waals surface area contributed by atoms with Crippen LogP contribution in [0.3, 0.4) is 0 Å². The van der Waals surface area contributed by atoms with Crippen molar-refractivity contribution in [1.82, 2.24) is 5.32 Å². The second-order valence-corrected chi connectivity index (χ2v) is 2.82. The van der Waals surface area contributed by atoms with E-state index in [0.717, 1.165) is 13.1 Å². The lowest BCUT2D eigenvalue weighted by Crippen LogP contribution is -2.00. The van der Waals surface area contributed by atoms with E-state index in [0.29, 0.717) is 0 Å². The zero-order valence-corrected chi connectivity index (χ0v) is 8.15. The Labute approximate surface area is 74.8 Å². The third kappa shape index (κ3) is 1.67. The molecular formula is C11H17N. The zero-order chi connectivity index (χ0) is 8.97. The molecule has 1 aromatic rings. The van der Waals surface area contributed by atoms with Crippen LogP contribution in [0.1, 0.15) is 30.5 Å². The molecule has 0 fully saturated rings. The highest BCUT2D eigenvalue weighted by Gasteiger charge is 2.09. The Bertz CT molecular complexity index is 253. The summed E-state index contributed by atoms with van der Waals surface area (Å²) in [6.07, 6.45) is 0. The van der Waals surface area contributed by atoms with Gasteiger partial charge in [0.05, 0.1) is 0 Å². The van der Waals surface area contributed by atoms with Crippen LogP contribution >= 0.6 is 0 Å². The van der Waals surface area contributed by atoms with Gasteiger partial charge in [0.15, 0.2) is 0 Å². The number of rotatable bonds is 0. The Balaban J connectivity index is 0.000000336. The zero-order valence-electron chi connectivity index (χ0n) is 8.15. The average molecular weight is 163 g/mol. The fraction of sp³-hybridized carbons (Fsp3) is 0.455. The molecule has 1 heteroatoms. The molecule has 0 unspecified atom stereocenters. The Kier molecular flexibility index (Phi) is 3.30. The molecule has 0 aliphatic carbocycles. The van der Waals surface area contributed by atoms with E-state index >= 15 is 0 Å². The van der Waals surface area contributed by atoms with E-state index in [2.05, 4.69) is 30.4 Å². The minimum Gasteiger partial charge on any atom is -0.309 e. The third-order valence-corrected chi connectivity index (χ3v) is 2.12. The Morgan fingerprint density at radius 2 is 1.92 bits per heavy atom. The van der Waals surface area contributed by atoms with Crippen LogP contribution in [0.25, 0.3) is 0 Å². The molecule has 1 aromatic carbocycles. The monoisotopic (exact) mass is 163 g/mol. The molecule has 0 saturated carbocycles. The third-order valence-electron chi connectivity index (χ3n) is 2.12. The maximum atomic E-state index is 3.33. The highest BCUT2D eigenvalue weighted by atomic mass is 14.9. The van der Waals surface area contributed by atoms with Gasteiger partial charge in [-0.1, -0.05) is 32.0 Å². The molecule has 0 radical (unpaired) electrons. The minimum absolute atomic E-state index is 1.05. The number of hydrogen-bond acceptors (Lipinski definition) is 1. The van der Waals surface area contributed by atoms with Gasteiger partial charge in [-0.15, -0.1) is 0 Å². The molecule has 1 aliphatic heterocycles. The smallest absolute Gasteiger partial charge is 0.0214 e. The summed E-state index contributed by atoms with van der Waals surface area (Å²) in [7, 11) is 0. The van der Waals surface area contributed by atoms with Crippen LogP contribution in [0.2, 0.25) is 0 Å². The number of benzene rings is 1. The van der Waals surface area contributed by atoms with Gasteiger partial charge in [-0.05, 0) is 23.6 Å². The van der Waals surface area contributed by atoms with Crippen molar-refractivity contribution in [3.8, 4) is 0 Å². The normalized spacial score (nSPS) is 13.2. The molecule has 1 nitrogen and oxygen atoms in total. The number of nitrogens with one attached hydrogen (secondary N) is 1. The molecule has 12 heavy (non-hydrogen) atoms. The van der Waals surface area contributed by atoms with Gasteiger partial charge in [-0.2, -0.15) is 0 Å². The van der Waals surface area contributed by atoms with Gasteiger partial charge < -0.3 is 5.32 Å². The first kappa shape index (κ1) is 9.27. The molecular weight excluding hydrogens is 146 g/mol. The lowest BCUT2D eigenvalue weighted by atomic mass is 10.1. The molecule has 1 aliphatic rings. The van der Waals surface area contributed by atoms with Crippen LogP contribution in [0.15, 0.2) is 18.2 Å². The van der Waals surface area contributed by atoms with Crippen LogP contribution < -0.4 is 5.32 Å². The number of hydrogen-bond donors (Lipinski definition) is 1. The molecule has 2 rings (SSSR count). The van der Waals surface area contributed by atoms with Gasteiger partial charge in [0.25, 0.3) is 0 Å². The summed E-state index contributed by atoms with van der Waals surface area (Å²) < 4.78 is 0. The van der Waals surface area contributed by atoms with Gasteiger partial charge in [-0.25, -0.2) is 0 Å². The summed E-state index contributed by atoms with van der Waals surface area (Å²) in [5.41, 5.74) is 4.39. The summed E-state index contributed by atoms with van der Waals surface area (Å²) in [6.45, 7) is 8.28. The fourth-order valence-corrected chi connectivity index (χ4v) is 1.50. The lowest BCUT2D eigenvalue weighted by molar-refractivity contribution is 0.763. The molecule has 66 valence electrons. The van der Waals surface area contributed by atoms with E-state index in [1.54, 1.807) is 0 Å². The Morgan fingerprint density at radius 3 is 2.58 bits per heavy atom. The van der Waals surface area contributed by atoms with Crippen molar-refractivity contribution in [3.05, 3.63) is 34.9 Å². The highest BCUT2D eigenvalue weighted by molar-refractivity contribution is 5.36. The predicted molar refractivity (Wildman–Crippen MR) is 53.1 cm³/mol. The fourth-order valence-electron chi connectivity index (χ4n) is 1.50. The first-order chi connectivity index (χ1) is 5.88. The lowest BCUT2D eigenvalue weighted by Gasteiger charge is -1.99. The second-order valence-electron chi connectivity index (χ2n) is 2.82. The molecule has 0 aromatic heterocycles. The van der Waals surface area contributed by atoms with E-state index in [4.69, 9.17) is 0 Å². The summed E-state index contributed by atoms with van der Waals surface area (Å²) in [5, 5.41) is 3.33. The maximum Gasteiger partial charge on any atom is 0.0214 e. The summed E-state index contributed by atoms with van der Waals surface area (Å²) >= 11 is 0. The van der Waals surface area contributed by atoms with E-state index < -0.39 is 0 Å². The summed E-state index contributed by atoms with van der Waals surface area (Å²) in [5.74, 6) is 0. The minimum atomic E-state index is 1.05. The maximum absolute atomic E-state index is 3.33. The van der Waals surface area contributed by atoms with E-state index in [1.165, 1.54) is 16.7 Å². The molecule has 1 N–H and O–H groups in total. The van der Waals surface area contributed by atoms with Crippen molar-refractivity contribution in [1.29, 1.82) is 0 Å². The van der Waals surface area contributed by atoms with Crippen molar-refractivity contribution in [2.45, 2.75) is 33.9 Å². The van der Waals surface area contributed by atoms with Crippen molar-refractivity contribution in [2.75, 3.05) is 0 Å². The van der Waals surface area contributed by atoms with Gasteiger partial charge in [-0.3, -0.25) is 0 Å². The van der Waals surface area contributed by atoms with Crippen molar-refractivity contribution < 1.29 is 0 Å².